The molecule has 1 aromatic carbocycles. The highest BCUT2D eigenvalue weighted by molar-refractivity contribution is 6.49. The second-order valence-electron chi connectivity index (χ2n) is 3.55. The van der Waals surface area contributed by atoms with Gasteiger partial charge in [-0.3, -0.25) is 4.79 Å². The predicted molar refractivity (Wildman–Crippen MR) is 76.6 cm³/mol. The van der Waals surface area contributed by atoms with Crippen LogP contribution in [0.5, 0.6) is 0 Å². The molecule has 0 aliphatic heterocycles. The monoisotopic (exact) mass is 333 g/mol. The van der Waals surface area contributed by atoms with Crippen LogP contribution >= 0.6 is 34.8 Å². The van der Waals surface area contributed by atoms with Crippen molar-refractivity contribution in [3.8, 4) is 6.07 Å². The van der Waals surface area contributed by atoms with Gasteiger partial charge in [0.05, 0.1) is 34.3 Å². The van der Waals surface area contributed by atoms with Crippen LogP contribution in [-0.4, -0.2) is 19.1 Å². The highest BCUT2D eigenvalue weighted by atomic mass is 35.5. The molecule has 0 aromatic heterocycles. The number of azo groups is 1. The van der Waals surface area contributed by atoms with Crippen molar-refractivity contribution in [2.45, 2.75) is 6.92 Å². The Labute approximate surface area is 131 Å². The third kappa shape index (κ3) is 4.34. The summed E-state index contributed by atoms with van der Waals surface area (Å²) in [5.74, 6) is -1.63. The quantitative estimate of drug-likeness (QED) is 0.454. The maximum absolute atomic E-state index is 11.4. The van der Waals surface area contributed by atoms with Crippen LogP contribution in [0.3, 0.4) is 0 Å². The summed E-state index contributed by atoms with van der Waals surface area (Å²) in [7, 11) is 0. The maximum atomic E-state index is 11.4. The van der Waals surface area contributed by atoms with E-state index in [1.54, 1.807) is 13.0 Å². The number of benzene rings is 1. The van der Waals surface area contributed by atoms with Crippen molar-refractivity contribution in [2.24, 2.45) is 16.1 Å². The lowest BCUT2D eigenvalue weighted by Crippen LogP contribution is -2.18. The number of halogens is 3. The zero-order valence-electron chi connectivity index (χ0n) is 10.4. The zero-order valence-corrected chi connectivity index (χ0v) is 12.7. The Bertz CT molecular complexity index is 570. The molecule has 1 unspecified atom stereocenters. The van der Waals surface area contributed by atoms with E-state index >= 15 is 0 Å². The van der Waals surface area contributed by atoms with Crippen molar-refractivity contribution in [1.29, 1.82) is 5.26 Å². The fraction of sp³-hybridized carbons (Fsp3) is 0.333. The van der Waals surface area contributed by atoms with E-state index in [4.69, 9.17) is 44.8 Å². The average molecular weight is 335 g/mol. The van der Waals surface area contributed by atoms with Crippen LogP contribution in [-0.2, 0) is 9.53 Å². The van der Waals surface area contributed by atoms with Gasteiger partial charge in [0.1, 0.15) is 5.69 Å². The van der Waals surface area contributed by atoms with Crippen molar-refractivity contribution in [2.75, 3.05) is 13.2 Å². The molecule has 0 aliphatic carbocycles. The molecule has 0 aliphatic rings. The number of esters is 1. The van der Waals surface area contributed by atoms with Crippen LogP contribution in [0.2, 0.25) is 15.1 Å². The molecule has 0 spiro atoms. The first-order chi connectivity index (χ1) is 9.51. The van der Waals surface area contributed by atoms with Gasteiger partial charge in [-0.2, -0.15) is 15.5 Å². The van der Waals surface area contributed by atoms with Crippen LogP contribution in [0.25, 0.3) is 0 Å². The highest BCUT2D eigenvalue weighted by Crippen LogP contribution is 2.37. The van der Waals surface area contributed by atoms with Crippen LogP contribution in [0, 0.1) is 17.2 Å². The average Bonchev–Trinajstić information content (AvgIpc) is 2.43. The van der Waals surface area contributed by atoms with Gasteiger partial charge >= 0.3 is 5.97 Å². The minimum Gasteiger partial charge on any atom is -0.465 e. The first-order valence-corrected chi connectivity index (χ1v) is 6.71. The Balaban J connectivity index is 2.77. The number of rotatable bonds is 5. The van der Waals surface area contributed by atoms with Crippen molar-refractivity contribution >= 4 is 46.5 Å². The molecule has 0 fully saturated rings. The van der Waals surface area contributed by atoms with Gasteiger partial charge in [0.25, 0.3) is 0 Å². The third-order valence-electron chi connectivity index (χ3n) is 2.18. The number of carbonyl (C=O) groups excluding carboxylic acids is 1. The first kappa shape index (κ1) is 16.7. The third-order valence-corrected chi connectivity index (χ3v) is 3.47. The molecule has 0 radical (unpaired) electrons. The van der Waals surface area contributed by atoms with Gasteiger partial charge in [0.2, 0.25) is 0 Å². The van der Waals surface area contributed by atoms with Crippen molar-refractivity contribution in [1.82, 2.24) is 0 Å². The fourth-order valence-corrected chi connectivity index (χ4v) is 1.77. The molecule has 0 N–H and O–H groups in total. The maximum Gasteiger partial charge on any atom is 0.325 e. The molecule has 8 heteroatoms. The van der Waals surface area contributed by atoms with Gasteiger partial charge in [-0.05, 0) is 19.1 Å². The highest BCUT2D eigenvalue weighted by Gasteiger charge is 2.18. The standard InChI is InChI=1S/C12H10Cl3N3O2/c1-2-20-12(19)7(5-16)6-17-18-9-4-3-8(13)10(14)11(9)15/h3-4,7H,2,6H2,1H3. The van der Waals surface area contributed by atoms with E-state index in [1.165, 1.54) is 12.1 Å². The van der Waals surface area contributed by atoms with Gasteiger partial charge in [-0.25, -0.2) is 0 Å². The van der Waals surface area contributed by atoms with E-state index in [1.807, 2.05) is 0 Å². The molecule has 0 saturated carbocycles. The molecule has 20 heavy (non-hydrogen) atoms. The number of ether oxygens (including phenoxy) is 1. The Kier molecular flexibility index (Phi) is 6.73. The van der Waals surface area contributed by atoms with Crippen molar-refractivity contribution < 1.29 is 9.53 Å². The van der Waals surface area contributed by atoms with E-state index in [2.05, 4.69) is 10.2 Å². The molecule has 0 saturated heterocycles. The van der Waals surface area contributed by atoms with Crippen molar-refractivity contribution in [3.63, 3.8) is 0 Å². The molecule has 1 atom stereocenters. The molecule has 0 bridgehead atoms. The SMILES string of the molecule is CCOC(=O)C(C#N)CN=Nc1ccc(Cl)c(Cl)c1Cl. The summed E-state index contributed by atoms with van der Waals surface area (Å²) in [5.41, 5.74) is 0.307. The Hall–Kier alpha value is -1.35. The van der Waals surface area contributed by atoms with E-state index in [0.29, 0.717) is 10.7 Å². The van der Waals surface area contributed by atoms with E-state index in [9.17, 15) is 4.79 Å². The van der Waals surface area contributed by atoms with E-state index in [0.717, 1.165) is 0 Å². The van der Waals surface area contributed by atoms with E-state index < -0.39 is 11.9 Å². The summed E-state index contributed by atoms with van der Waals surface area (Å²) in [5, 5.41) is 17.1. The second kappa shape index (κ2) is 8.05. The van der Waals surface area contributed by atoms with Crippen molar-refractivity contribution in [3.05, 3.63) is 27.2 Å². The lowest BCUT2D eigenvalue weighted by molar-refractivity contribution is -0.145. The molecule has 5 nitrogen and oxygen atoms in total. The number of nitriles is 1. The van der Waals surface area contributed by atoms with Gasteiger partial charge in [0.15, 0.2) is 5.92 Å². The van der Waals surface area contributed by atoms with E-state index in [-0.39, 0.29) is 23.2 Å². The fourth-order valence-electron chi connectivity index (χ4n) is 1.20. The topological polar surface area (TPSA) is 74.8 Å². The van der Waals surface area contributed by atoms with Gasteiger partial charge in [-0.1, -0.05) is 34.8 Å². The number of carbonyl (C=O) groups is 1. The number of hydrogen-bond acceptors (Lipinski definition) is 5. The smallest absolute Gasteiger partial charge is 0.325 e. The van der Waals surface area contributed by atoms with Gasteiger partial charge in [-0.15, -0.1) is 0 Å². The first-order valence-electron chi connectivity index (χ1n) is 5.58. The lowest BCUT2D eigenvalue weighted by atomic mass is 10.2. The summed E-state index contributed by atoms with van der Waals surface area (Å²) in [6, 6.07) is 4.86. The summed E-state index contributed by atoms with van der Waals surface area (Å²) in [6.07, 6.45) is 0. The van der Waals surface area contributed by atoms with Gasteiger partial charge < -0.3 is 4.74 Å². The van der Waals surface area contributed by atoms with Crippen LogP contribution in [0.4, 0.5) is 5.69 Å². The normalized spacial score (nSPS) is 12.2. The zero-order chi connectivity index (χ0) is 15.1. The molecular weight excluding hydrogens is 325 g/mol. The molecular formula is C12H10Cl3N3O2. The number of hydrogen-bond donors (Lipinski definition) is 0. The molecule has 0 heterocycles. The molecule has 106 valence electrons. The summed E-state index contributed by atoms with van der Waals surface area (Å²) >= 11 is 17.6. The summed E-state index contributed by atoms with van der Waals surface area (Å²) in [6.45, 7) is 1.74. The minimum absolute atomic E-state index is 0.119. The molecule has 1 aromatic rings. The minimum atomic E-state index is -1.000. The second-order valence-corrected chi connectivity index (χ2v) is 4.72. The molecule has 1 rings (SSSR count). The van der Waals surface area contributed by atoms with Crippen LogP contribution < -0.4 is 0 Å². The lowest BCUT2D eigenvalue weighted by Gasteiger charge is -2.05. The predicted octanol–water partition coefficient (Wildman–Crippen LogP) is 4.43. The Morgan fingerprint density at radius 2 is 2.10 bits per heavy atom. The molecule has 0 amide bonds. The Morgan fingerprint density at radius 3 is 2.70 bits per heavy atom. The Morgan fingerprint density at radius 1 is 1.40 bits per heavy atom. The van der Waals surface area contributed by atoms with Gasteiger partial charge in [0, 0.05) is 0 Å². The van der Waals surface area contributed by atoms with Crippen LogP contribution in [0.1, 0.15) is 6.92 Å². The number of nitrogens with zero attached hydrogens (tertiary/aromatic N) is 3. The summed E-state index contributed by atoms with van der Waals surface area (Å²) in [4.78, 5) is 11.4. The summed E-state index contributed by atoms with van der Waals surface area (Å²) < 4.78 is 4.73. The van der Waals surface area contributed by atoms with Crippen LogP contribution in [0.15, 0.2) is 22.4 Å². The largest absolute Gasteiger partial charge is 0.465 e.